The van der Waals surface area contributed by atoms with Crippen molar-refractivity contribution in [1.29, 1.82) is 0 Å². The smallest absolute Gasteiger partial charge is 0.272 e. The molecule has 2 aromatic rings. The predicted octanol–water partition coefficient (Wildman–Crippen LogP) is 1.49. The van der Waals surface area contributed by atoms with Crippen molar-refractivity contribution in [2.24, 2.45) is 7.05 Å². The minimum Gasteiger partial charge on any atom is -0.383 e. The molecule has 0 fully saturated rings. The Bertz CT molecular complexity index is 727. The number of fused-ring (bicyclic) bond motifs is 1. The Balaban J connectivity index is 1.60. The third-order valence-corrected chi connectivity index (χ3v) is 4.95. The fraction of sp³-hybridized carbons (Fsp3) is 0.500. The molecule has 2 N–H and O–H groups in total. The second-order valence-corrected chi connectivity index (χ2v) is 6.78. The van der Waals surface area contributed by atoms with Gasteiger partial charge in [-0.05, 0) is 31.2 Å². The Morgan fingerprint density at radius 3 is 2.88 bits per heavy atom. The van der Waals surface area contributed by atoms with E-state index in [0.29, 0.717) is 24.9 Å². The van der Waals surface area contributed by atoms with Crippen molar-refractivity contribution >= 4 is 5.91 Å². The molecular formula is C20H28N4O2. The summed E-state index contributed by atoms with van der Waals surface area (Å²) in [6, 6.07) is 10.6. The molecule has 0 saturated carbocycles. The first-order valence-corrected chi connectivity index (χ1v) is 9.28. The molecular weight excluding hydrogens is 328 g/mol. The quantitative estimate of drug-likeness (QED) is 0.703. The van der Waals surface area contributed by atoms with Crippen molar-refractivity contribution in [3.8, 4) is 0 Å². The summed E-state index contributed by atoms with van der Waals surface area (Å²) in [4.78, 5) is 12.7. The highest BCUT2D eigenvalue weighted by molar-refractivity contribution is 5.94. The molecule has 3 rings (SSSR count). The number of aromatic nitrogens is 2. The number of benzene rings is 1. The van der Waals surface area contributed by atoms with E-state index in [-0.39, 0.29) is 5.91 Å². The van der Waals surface area contributed by atoms with E-state index in [1.165, 1.54) is 11.3 Å². The second kappa shape index (κ2) is 8.96. The monoisotopic (exact) mass is 356 g/mol. The van der Waals surface area contributed by atoms with E-state index in [2.05, 4.69) is 27.9 Å². The lowest BCUT2D eigenvalue weighted by molar-refractivity contribution is 0.0947. The molecule has 1 atom stereocenters. The normalized spacial score (nSPS) is 16.3. The first kappa shape index (κ1) is 18.6. The molecule has 1 heterocycles. The van der Waals surface area contributed by atoms with Gasteiger partial charge in [0.1, 0.15) is 0 Å². The van der Waals surface area contributed by atoms with Gasteiger partial charge in [0.2, 0.25) is 0 Å². The summed E-state index contributed by atoms with van der Waals surface area (Å²) in [6.45, 7) is 2.14. The van der Waals surface area contributed by atoms with Gasteiger partial charge >= 0.3 is 0 Å². The lowest BCUT2D eigenvalue weighted by Crippen LogP contribution is -2.37. The number of ether oxygens (including phenoxy) is 1. The molecule has 0 spiro atoms. The Morgan fingerprint density at radius 1 is 1.31 bits per heavy atom. The second-order valence-electron chi connectivity index (χ2n) is 6.78. The van der Waals surface area contributed by atoms with E-state index in [4.69, 9.17) is 4.74 Å². The number of carbonyl (C=O) groups excluding carboxylic acids is 1. The number of hydrogen-bond donors (Lipinski definition) is 2. The van der Waals surface area contributed by atoms with Gasteiger partial charge in [0.05, 0.1) is 6.61 Å². The van der Waals surface area contributed by atoms with Gasteiger partial charge in [-0.2, -0.15) is 5.10 Å². The predicted molar refractivity (Wildman–Crippen MR) is 101 cm³/mol. The van der Waals surface area contributed by atoms with Crippen LogP contribution in [-0.4, -0.2) is 48.5 Å². The molecule has 6 nitrogen and oxygen atoms in total. The number of hydrogen-bond acceptors (Lipinski definition) is 4. The van der Waals surface area contributed by atoms with Crippen LogP contribution in [0.2, 0.25) is 0 Å². The first-order chi connectivity index (χ1) is 12.7. The largest absolute Gasteiger partial charge is 0.383 e. The third kappa shape index (κ3) is 4.51. The molecule has 26 heavy (non-hydrogen) atoms. The van der Waals surface area contributed by atoms with Gasteiger partial charge in [0.15, 0.2) is 5.69 Å². The van der Waals surface area contributed by atoms with Crippen LogP contribution >= 0.6 is 0 Å². The van der Waals surface area contributed by atoms with Crippen LogP contribution in [0.3, 0.4) is 0 Å². The van der Waals surface area contributed by atoms with Gasteiger partial charge in [0, 0.05) is 44.5 Å². The molecule has 1 unspecified atom stereocenters. The number of nitrogens with zero attached hydrogens (tertiary/aromatic N) is 2. The van der Waals surface area contributed by atoms with Gasteiger partial charge in [-0.3, -0.25) is 9.48 Å². The van der Waals surface area contributed by atoms with Crippen LogP contribution in [0.4, 0.5) is 0 Å². The first-order valence-electron chi connectivity index (χ1n) is 9.28. The van der Waals surface area contributed by atoms with E-state index in [1.54, 1.807) is 7.11 Å². The fourth-order valence-corrected chi connectivity index (χ4v) is 3.56. The Kier molecular flexibility index (Phi) is 6.41. The topological polar surface area (TPSA) is 68.2 Å². The van der Waals surface area contributed by atoms with E-state index in [0.717, 1.165) is 37.8 Å². The molecule has 0 radical (unpaired) electrons. The summed E-state index contributed by atoms with van der Waals surface area (Å²) in [6.07, 6.45) is 3.67. The van der Waals surface area contributed by atoms with E-state index < -0.39 is 0 Å². The van der Waals surface area contributed by atoms with Crippen LogP contribution < -0.4 is 10.6 Å². The van der Waals surface area contributed by atoms with Crippen molar-refractivity contribution in [2.45, 2.75) is 31.7 Å². The van der Waals surface area contributed by atoms with Crippen molar-refractivity contribution in [3.63, 3.8) is 0 Å². The van der Waals surface area contributed by atoms with E-state index in [1.807, 2.05) is 29.9 Å². The molecule has 1 amide bonds. The SMILES string of the molecule is COCCNC1CCc2c(c(C(=O)NCCc3ccccc3)nn2C)C1. The number of carbonyl (C=O) groups is 1. The molecule has 1 aliphatic rings. The molecule has 0 saturated heterocycles. The number of rotatable bonds is 8. The van der Waals surface area contributed by atoms with Crippen LogP contribution in [0.15, 0.2) is 30.3 Å². The molecule has 0 bridgehead atoms. The summed E-state index contributed by atoms with van der Waals surface area (Å²) < 4.78 is 6.97. The van der Waals surface area contributed by atoms with Crippen LogP contribution in [-0.2, 0) is 31.0 Å². The van der Waals surface area contributed by atoms with Crippen molar-refractivity contribution in [3.05, 3.63) is 52.8 Å². The maximum atomic E-state index is 12.7. The maximum absolute atomic E-state index is 12.7. The summed E-state index contributed by atoms with van der Waals surface area (Å²) in [5.41, 5.74) is 4.07. The van der Waals surface area contributed by atoms with Crippen LogP contribution in [0.25, 0.3) is 0 Å². The van der Waals surface area contributed by atoms with Gasteiger partial charge in [0.25, 0.3) is 5.91 Å². The van der Waals surface area contributed by atoms with E-state index in [9.17, 15) is 4.79 Å². The van der Waals surface area contributed by atoms with Gasteiger partial charge in [-0.25, -0.2) is 0 Å². The van der Waals surface area contributed by atoms with Crippen molar-refractivity contribution in [2.75, 3.05) is 26.8 Å². The summed E-state index contributed by atoms with van der Waals surface area (Å²) >= 11 is 0. The molecule has 1 aromatic heterocycles. The highest BCUT2D eigenvalue weighted by Gasteiger charge is 2.27. The lowest BCUT2D eigenvalue weighted by atomic mass is 9.91. The van der Waals surface area contributed by atoms with Gasteiger partial charge in [-0.15, -0.1) is 0 Å². The zero-order valence-corrected chi connectivity index (χ0v) is 15.6. The average molecular weight is 356 g/mol. The Hall–Kier alpha value is -2.18. The zero-order chi connectivity index (χ0) is 18.4. The number of amides is 1. The van der Waals surface area contributed by atoms with Crippen molar-refractivity contribution in [1.82, 2.24) is 20.4 Å². The number of aryl methyl sites for hydroxylation is 1. The standard InChI is InChI=1S/C20H28N4O2/c1-24-18-9-8-16(21-12-13-26-2)14-17(18)19(23-24)20(25)22-11-10-15-6-4-3-5-7-15/h3-7,16,21H,8-14H2,1-2H3,(H,22,25). The highest BCUT2D eigenvalue weighted by Crippen LogP contribution is 2.24. The maximum Gasteiger partial charge on any atom is 0.272 e. The average Bonchev–Trinajstić information content (AvgIpc) is 2.99. The van der Waals surface area contributed by atoms with Crippen LogP contribution in [0.1, 0.15) is 33.7 Å². The molecule has 6 heteroatoms. The van der Waals surface area contributed by atoms with Gasteiger partial charge in [-0.1, -0.05) is 30.3 Å². The molecule has 1 aromatic carbocycles. The molecule has 140 valence electrons. The van der Waals surface area contributed by atoms with E-state index >= 15 is 0 Å². The van der Waals surface area contributed by atoms with Crippen LogP contribution in [0.5, 0.6) is 0 Å². The number of methoxy groups -OCH3 is 1. The minimum atomic E-state index is -0.0738. The third-order valence-electron chi connectivity index (χ3n) is 4.95. The summed E-state index contributed by atoms with van der Waals surface area (Å²) in [5.74, 6) is -0.0738. The summed E-state index contributed by atoms with van der Waals surface area (Å²) in [5, 5.41) is 11.0. The zero-order valence-electron chi connectivity index (χ0n) is 15.6. The van der Waals surface area contributed by atoms with Crippen molar-refractivity contribution < 1.29 is 9.53 Å². The number of nitrogens with one attached hydrogen (secondary N) is 2. The highest BCUT2D eigenvalue weighted by atomic mass is 16.5. The lowest BCUT2D eigenvalue weighted by Gasteiger charge is -2.24. The Labute approximate surface area is 154 Å². The fourth-order valence-electron chi connectivity index (χ4n) is 3.56. The Morgan fingerprint density at radius 2 is 2.12 bits per heavy atom. The van der Waals surface area contributed by atoms with Gasteiger partial charge < -0.3 is 15.4 Å². The van der Waals surface area contributed by atoms with Crippen LogP contribution in [0, 0.1) is 0 Å². The molecule has 0 aliphatic heterocycles. The summed E-state index contributed by atoms with van der Waals surface area (Å²) in [7, 11) is 3.64. The minimum absolute atomic E-state index is 0.0738. The molecule has 1 aliphatic carbocycles.